The van der Waals surface area contributed by atoms with Crippen molar-refractivity contribution < 1.29 is 28.6 Å². The molecule has 0 bridgehead atoms. The molecule has 0 atom stereocenters. The highest BCUT2D eigenvalue weighted by molar-refractivity contribution is 5.98. The zero-order valence-electron chi connectivity index (χ0n) is 12.9. The summed E-state index contributed by atoms with van der Waals surface area (Å²) in [5.41, 5.74) is 0.536. The molecule has 3 aliphatic heterocycles. The van der Waals surface area contributed by atoms with E-state index in [2.05, 4.69) is 0 Å². The molecule has 1 aromatic rings. The van der Waals surface area contributed by atoms with Gasteiger partial charge in [-0.3, -0.25) is 9.59 Å². The largest absolute Gasteiger partial charge is 0.454 e. The third-order valence-corrected chi connectivity index (χ3v) is 4.52. The van der Waals surface area contributed by atoms with Crippen LogP contribution < -0.4 is 9.47 Å². The molecule has 0 saturated carbocycles. The molecule has 8 nitrogen and oxygen atoms in total. The number of likely N-dealkylation sites (tertiary alicyclic amines) is 1. The fraction of sp³-hybridized carbons (Fsp3) is 0.438. The van der Waals surface area contributed by atoms with Crippen LogP contribution in [0.3, 0.4) is 0 Å². The number of benzene rings is 1. The zero-order valence-corrected chi connectivity index (χ0v) is 12.9. The molecule has 3 amide bonds. The van der Waals surface area contributed by atoms with Gasteiger partial charge in [-0.25, -0.2) is 9.69 Å². The minimum absolute atomic E-state index is 0.0953. The Morgan fingerprint density at radius 1 is 1.04 bits per heavy atom. The van der Waals surface area contributed by atoms with Gasteiger partial charge in [-0.05, 0) is 31.0 Å². The highest BCUT2D eigenvalue weighted by Gasteiger charge is 2.39. The van der Waals surface area contributed by atoms with Gasteiger partial charge in [-0.2, -0.15) is 0 Å². The summed E-state index contributed by atoms with van der Waals surface area (Å²) in [5, 5.41) is 0. The highest BCUT2D eigenvalue weighted by atomic mass is 16.7. The van der Waals surface area contributed by atoms with Crippen LogP contribution in [0.25, 0.3) is 0 Å². The third kappa shape index (κ3) is 2.44. The summed E-state index contributed by atoms with van der Waals surface area (Å²) in [4.78, 5) is 38.8. The molecule has 0 N–H and O–H groups in total. The summed E-state index contributed by atoms with van der Waals surface area (Å²) in [7, 11) is 0. The SMILES string of the molecule is O=C(c1ccc2c(c1)OCO2)N1CCC(N2C(=O)COC2=O)CC1. The molecule has 0 unspecified atom stereocenters. The molecule has 0 aliphatic carbocycles. The maximum atomic E-state index is 12.6. The van der Waals surface area contributed by atoms with Gasteiger partial charge in [0.2, 0.25) is 6.79 Å². The van der Waals surface area contributed by atoms with Crippen LogP contribution in [0.4, 0.5) is 4.79 Å². The Labute approximate surface area is 137 Å². The molecular formula is C16H16N2O6. The number of imide groups is 1. The fourth-order valence-electron chi connectivity index (χ4n) is 3.26. The van der Waals surface area contributed by atoms with Crippen molar-refractivity contribution in [3.63, 3.8) is 0 Å². The first-order valence-corrected chi connectivity index (χ1v) is 7.81. The number of amides is 3. The van der Waals surface area contributed by atoms with Crippen LogP contribution >= 0.6 is 0 Å². The smallest absolute Gasteiger partial charge is 0.417 e. The summed E-state index contributed by atoms with van der Waals surface area (Å²) >= 11 is 0. The summed E-state index contributed by atoms with van der Waals surface area (Å²) < 4.78 is 15.3. The van der Waals surface area contributed by atoms with E-state index in [9.17, 15) is 14.4 Å². The number of piperidine rings is 1. The number of carbonyl (C=O) groups is 3. The second kappa shape index (κ2) is 5.70. The topological polar surface area (TPSA) is 85.4 Å². The van der Waals surface area contributed by atoms with Crippen molar-refractivity contribution in [2.45, 2.75) is 18.9 Å². The van der Waals surface area contributed by atoms with Gasteiger partial charge in [0.1, 0.15) is 0 Å². The molecule has 3 aliphatic rings. The Kier molecular flexibility index (Phi) is 3.51. The third-order valence-electron chi connectivity index (χ3n) is 4.52. The number of ether oxygens (including phenoxy) is 3. The zero-order chi connectivity index (χ0) is 16.7. The lowest BCUT2D eigenvalue weighted by Gasteiger charge is -2.34. The number of nitrogens with zero attached hydrogens (tertiary/aromatic N) is 2. The number of hydrogen-bond donors (Lipinski definition) is 0. The van der Waals surface area contributed by atoms with E-state index in [4.69, 9.17) is 14.2 Å². The predicted octanol–water partition coefficient (Wildman–Crippen LogP) is 0.999. The van der Waals surface area contributed by atoms with Crippen LogP contribution in [0.15, 0.2) is 18.2 Å². The minimum atomic E-state index is -0.583. The Bertz CT molecular complexity index is 695. The number of cyclic esters (lactones) is 1. The molecule has 2 fully saturated rings. The van der Waals surface area contributed by atoms with E-state index < -0.39 is 6.09 Å². The van der Waals surface area contributed by atoms with E-state index >= 15 is 0 Å². The predicted molar refractivity (Wildman–Crippen MR) is 79.7 cm³/mol. The minimum Gasteiger partial charge on any atom is -0.454 e. The molecular weight excluding hydrogens is 316 g/mol. The van der Waals surface area contributed by atoms with Gasteiger partial charge in [-0.15, -0.1) is 0 Å². The molecule has 126 valence electrons. The van der Waals surface area contributed by atoms with E-state index in [0.29, 0.717) is 43.0 Å². The normalized spacial score (nSPS) is 20.5. The first kappa shape index (κ1) is 14.8. The first-order valence-electron chi connectivity index (χ1n) is 7.81. The van der Waals surface area contributed by atoms with Crippen molar-refractivity contribution in [3.05, 3.63) is 23.8 Å². The fourth-order valence-corrected chi connectivity index (χ4v) is 3.26. The average Bonchev–Trinajstić information content (AvgIpc) is 3.20. The Morgan fingerprint density at radius 2 is 1.79 bits per heavy atom. The van der Waals surface area contributed by atoms with Crippen LogP contribution in [-0.4, -0.2) is 60.2 Å². The van der Waals surface area contributed by atoms with Gasteiger partial charge in [-0.1, -0.05) is 0 Å². The summed E-state index contributed by atoms with van der Waals surface area (Å²) in [6, 6.07) is 4.91. The lowest BCUT2D eigenvalue weighted by molar-refractivity contribution is -0.127. The maximum absolute atomic E-state index is 12.6. The standard InChI is InChI=1S/C16H16N2O6/c19-14-8-22-16(21)18(14)11-3-5-17(6-4-11)15(20)10-1-2-12-13(7-10)24-9-23-12/h1-2,7,11H,3-6,8-9H2. The lowest BCUT2D eigenvalue weighted by atomic mass is 10.0. The number of fused-ring (bicyclic) bond motifs is 1. The van der Waals surface area contributed by atoms with Crippen molar-refractivity contribution in [1.82, 2.24) is 9.80 Å². The van der Waals surface area contributed by atoms with Crippen LogP contribution in [0.1, 0.15) is 23.2 Å². The van der Waals surface area contributed by atoms with Crippen LogP contribution in [0.5, 0.6) is 11.5 Å². The molecule has 2 saturated heterocycles. The monoisotopic (exact) mass is 332 g/mol. The molecule has 0 radical (unpaired) electrons. The van der Waals surface area contributed by atoms with Crippen LogP contribution in [0, 0.1) is 0 Å². The summed E-state index contributed by atoms with van der Waals surface area (Å²) in [6.45, 7) is 0.942. The summed E-state index contributed by atoms with van der Waals surface area (Å²) in [6.07, 6.45) is 0.523. The summed E-state index contributed by atoms with van der Waals surface area (Å²) in [5.74, 6) is 0.806. The number of carbonyl (C=O) groups excluding carboxylic acids is 3. The van der Waals surface area contributed by atoms with Gasteiger partial charge < -0.3 is 19.1 Å². The second-order valence-electron chi connectivity index (χ2n) is 5.91. The van der Waals surface area contributed by atoms with Gasteiger partial charge >= 0.3 is 6.09 Å². The lowest BCUT2D eigenvalue weighted by Crippen LogP contribution is -2.48. The van der Waals surface area contributed by atoms with Gasteiger partial charge in [0, 0.05) is 24.7 Å². The van der Waals surface area contributed by atoms with Crippen molar-refractivity contribution in [1.29, 1.82) is 0 Å². The number of rotatable bonds is 2. The molecule has 0 spiro atoms. The van der Waals surface area contributed by atoms with Crippen molar-refractivity contribution >= 4 is 17.9 Å². The maximum Gasteiger partial charge on any atom is 0.417 e. The van der Waals surface area contributed by atoms with E-state index in [1.165, 1.54) is 4.90 Å². The highest BCUT2D eigenvalue weighted by Crippen LogP contribution is 2.33. The van der Waals surface area contributed by atoms with Crippen molar-refractivity contribution in [2.75, 3.05) is 26.5 Å². The van der Waals surface area contributed by atoms with E-state index in [0.717, 1.165) is 0 Å². The molecule has 0 aromatic heterocycles. The first-order chi connectivity index (χ1) is 11.6. The van der Waals surface area contributed by atoms with Gasteiger partial charge in [0.25, 0.3) is 11.8 Å². The van der Waals surface area contributed by atoms with E-state index in [-0.39, 0.29) is 31.3 Å². The Balaban J connectivity index is 1.41. The number of hydrogen-bond acceptors (Lipinski definition) is 6. The van der Waals surface area contributed by atoms with Gasteiger partial charge in [0.05, 0.1) is 0 Å². The van der Waals surface area contributed by atoms with Gasteiger partial charge in [0.15, 0.2) is 18.1 Å². The van der Waals surface area contributed by atoms with Crippen molar-refractivity contribution in [3.8, 4) is 11.5 Å². The Hall–Kier alpha value is -2.77. The molecule has 8 heteroatoms. The van der Waals surface area contributed by atoms with E-state index in [1.807, 2.05) is 0 Å². The Morgan fingerprint density at radius 3 is 2.50 bits per heavy atom. The van der Waals surface area contributed by atoms with Crippen LogP contribution in [0.2, 0.25) is 0 Å². The van der Waals surface area contributed by atoms with Crippen LogP contribution in [-0.2, 0) is 9.53 Å². The van der Waals surface area contributed by atoms with Crippen molar-refractivity contribution in [2.24, 2.45) is 0 Å². The molecule has 4 rings (SSSR count). The molecule has 24 heavy (non-hydrogen) atoms. The average molecular weight is 332 g/mol. The second-order valence-corrected chi connectivity index (χ2v) is 5.91. The van der Waals surface area contributed by atoms with E-state index in [1.54, 1.807) is 23.1 Å². The quantitative estimate of drug-likeness (QED) is 0.803. The molecule has 3 heterocycles. The molecule has 1 aromatic carbocycles.